The first-order chi connectivity index (χ1) is 9.11. The molecule has 1 fully saturated rings. The number of ether oxygens (including phenoxy) is 1. The van der Waals surface area contributed by atoms with E-state index in [0.29, 0.717) is 16.6 Å². The lowest BCUT2D eigenvalue weighted by molar-refractivity contribution is -0.148. The summed E-state index contributed by atoms with van der Waals surface area (Å²) in [7, 11) is 1.43. The molecule has 1 heterocycles. The van der Waals surface area contributed by atoms with E-state index < -0.39 is 0 Å². The van der Waals surface area contributed by atoms with Crippen molar-refractivity contribution < 1.29 is 9.53 Å². The average molecular weight is 302 g/mol. The zero-order valence-corrected chi connectivity index (χ0v) is 12.3. The van der Waals surface area contributed by atoms with Gasteiger partial charge in [0.05, 0.1) is 13.0 Å². The van der Waals surface area contributed by atoms with E-state index in [0.717, 1.165) is 24.9 Å². The van der Waals surface area contributed by atoms with Crippen LogP contribution in [0.4, 0.5) is 0 Å². The van der Waals surface area contributed by atoms with Crippen LogP contribution in [0.25, 0.3) is 0 Å². The highest BCUT2D eigenvalue weighted by Gasteiger charge is 2.31. The first kappa shape index (κ1) is 14.6. The molecular weight excluding hydrogens is 285 g/mol. The van der Waals surface area contributed by atoms with Crippen molar-refractivity contribution in [3.8, 4) is 0 Å². The SMILES string of the molecule is COC(=O)[C@H]1CNCC[C@H]1Cc1ccc(Cl)cc1Cl. The van der Waals surface area contributed by atoms with E-state index in [1.165, 1.54) is 7.11 Å². The number of piperidine rings is 1. The van der Waals surface area contributed by atoms with Gasteiger partial charge in [0, 0.05) is 16.6 Å². The Kier molecular flexibility index (Phi) is 5.08. The molecular formula is C14H17Cl2NO2. The number of methoxy groups -OCH3 is 1. The van der Waals surface area contributed by atoms with Gasteiger partial charge in [-0.3, -0.25) is 4.79 Å². The second-order valence-corrected chi connectivity index (χ2v) is 5.67. The Morgan fingerprint density at radius 2 is 2.26 bits per heavy atom. The first-order valence-electron chi connectivity index (χ1n) is 6.34. The summed E-state index contributed by atoms with van der Waals surface area (Å²) in [5, 5.41) is 4.52. The second kappa shape index (κ2) is 6.60. The van der Waals surface area contributed by atoms with Gasteiger partial charge in [-0.15, -0.1) is 0 Å². The fourth-order valence-electron chi connectivity index (χ4n) is 2.55. The molecule has 0 saturated carbocycles. The number of carbonyl (C=O) groups is 1. The Balaban J connectivity index is 2.13. The quantitative estimate of drug-likeness (QED) is 0.873. The molecule has 0 aromatic heterocycles. The molecule has 1 aliphatic rings. The van der Waals surface area contributed by atoms with E-state index in [-0.39, 0.29) is 17.8 Å². The van der Waals surface area contributed by atoms with Crippen LogP contribution in [-0.2, 0) is 16.0 Å². The molecule has 0 radical (unpaired) electrons. The highest BCUT2D eigenvalue weighted by Crippen LogP contribution is 2.29. The number of esters is 1. The smallest absolute Gasteiger partial charge is 0.310 e. The maximum absolute atomic E-state index is 11.8. The standard InChI is InChI=1S/C14H17Cl2NO2/c1-19-14(18)12-8-17-5-4-9(12)6-10-2-3-11(15)7-13(10)16/h2-3,7,9,12,17H,4-6,8H2,1H3/t9-,12-/m0/s1. The molecule has 19 heavy (non-hydrogen) atoms. The number of benzene rings is 1. The van der Waals surface area contributed by atoms with Crippen molar-refractivity contribution in [3.05, 3.63) is 33.8 Å². The number of rotatable bonds is 3. The maximum atomic E-state index is 11.8. The molecule has 0 bridgehead atoms. The summed E-state index contributed by atoms with van der Waals surface area (Å²) in [6.45, 7) is 1.59. The third kappa shape index (κ3) is 3.62. The van der Waals surface area contributed by atoms with Crippen LogP contribution in [0, 0.1) is 11.8 Å². The average Bonchev–Trinajstić information content (AvgIpc) is 2.41. The van der Waals surface area contributed by atoms with Gasteiger partial charge in [0.1, 0.15) is 0 Å². The van der Waals surface area contributed by atoms with Crippen LogP contribution in [0.5, 0.6) is 0 Å². The van der Waals surface area contributed by atoms with Gasteiger partial charge in [0.15, 0.2) is 0 Å². The largest absolute Gasteiger partial charge is 0.469 e. The monoisotopic (exact) mass is 301 g/mol. The van der Waals surface area contributed by atoms with Gasteiger partial charge < -0.3 is 10.1 Å². The molecule has 1 aromatic carbocycles. The molecule has 5 heteroatoms. The molecule has 0 spiro atoms. The zero-order chi connectivity index (χ0) is 13.8. The summed E-state index contributed by atoms with van der Waals surface area (Å²) in [5.74, 6) is 0.000145. The molecule has 3 nitrogen and oxygen atoms in total. The normalized spacial score (nSPS) is 23.1. The Morgan fingerprint density at radius 3 is 2.95 bits per heavy atom. The minimum Gasteiger partial charge on any atom is -0.469 e. The highest BCUT2D eigenvalue weighted by molar-refractivity contribution is 6.35. The molecule has 1 aliphatic heterocycles. The predicted octanol–water partition coefficient (Wildman–Crippen LogP) is 2.93. The second-order valence-electron chi connectivity index (χ2n) is 4.82. The highest BCUT2D eigenvalue weighted by atomic mass is 35.5. The minimum atomic E-state index is -0.151. The van der Waals surface area contributed by atoms with Gasteiger partial charge in [-0.05, 0) is 43.0 Å². The molecule has 2 atom stereocenters. The zero-order valence-electron chi connectivity index (χ0n) is 10.8. The van der Waals surface area contributed by atoms with Crippen LogP contribution in [0.2, 0.25) is 10.0 Å². The third-order valence-corrected chi connectivity index (χ3v) is 4.21. The van der Waals surface area contributed by atoms with Crippen molar-refractivity contribution in [1.82, 2.24) is 5.32 Å². The van der Waals surface area contributed by atoms with E-state index in [1.54, 1.807) is 6.07 Å². The summed E-state index contributed by atoms with van der Waals surface area (Å²) >= 11 is 12.1. The molecule has 0 amide bonds. The van der Waals surface area contributed by atoms with E-state index in [1.807, 2.05) is 12.1 Å². The number of carbonyl (C=O) groups excluding carboxylic acids is 1. The van der Waals surface area contributed by atoms with Crippen LogP contribution in [0.1, 0.15) is 12.0 Å². The van der Waals surface area contributed by atoms with Crippen molar-refractivity contribution in [3.63, 3.8) is 0 Å². The molecule has 0 aliphatic carbocycles. The number of halogens is 2. The molecule has 1 aromatic rings. The lowest BCUT2D eigenvalue weighted by Gasteiger charge is -2.30. The van der Waals surface area contributed by atoms with Gasteiger partial charge in [-0.2, -0.15) is 0 Å². The van der Waals surface area contributed by atoms with Crippen LogP contribution >= 0.6 is 23.2 Å². The molecule has 0 unspecified atom stereocenters. The van der Waals surface area contributed by atoms with Crippen LogP contribution in [0.3, 0.4) is 0 Å². The molecule has 2 rings (SSSR count). The van der Waals surface area contributed by atoms with Crippen molar-refractivity contribution in [1.29, 1.82) is 0 Å². The summed E-state index contributed by atoms with van der Waals surface area (Å²) in [6, 6.07) is 5.50. The fraction of sp³-hybridized carbons (Fsp3) is 0.500. The number of hydrogen-bond donors (Lipinski definition) is 1. The third-order valence-electron chi connectivity index (χ3n) is 3.63. The fourth-order valence-corrected chi connectivity index (χ4v) is 3.04. The Bertz CT molecular complexity index is 465. The summed E-state index contributed by atoms with van der Waals surface area (Å²) in [5.41, 5.74) is 1.03. The number of nitrogens with one attached hydrogen (secondary N) is 1. The first-order valence-corrected chi connectivity index (χ1v) is 7.10. The Morgan fingerprint density at radius 1 is 1.47 bits per heavy atom. The molecule has 104 valence electrons. The Hall–Kier alpha value is -0.770. The Labute approximate surface area is 123 Å². The van der Waals surface area contributed by atoms with Crippen LogP contribution in [-0.4, -0.2) is 26.2 Å². The van der Waals surface area contributed by atoms with Gasteiger partial charge in [-0.1, -0.05) is 29.3 Å². The molecule has 1 N–H and O–H groups in total. The van der Waals surface area contributed by atoms with Crippen molar-refractivity contribution in [2.75, 3.05) is 20.2 Å². The molecule has 1 saturated heterocycles. The van der Waals surface area contributed by atoms with Crippen molar-refractivity contribution >= 4 is 29.2 Å². The predicted molar refractivity (Wildman–Crippen MR) is 76.6 cm³/mol. The summed E-state index contributed by atoms with van der Waals surface area (Å²) < 4.78 is 4.87. The van der Waals surface area contributed by atoms with Gasteiger partial charge in [0.25, 0.3) is 0 Å². The topological polar surface area (TPSA) is 38.3 Å². The maximum Gasteiger partial charge on any atom is 0.310 e. The van der Waals surface area contributed by atoms with E-state index in [4.69, 9.17) is 27.9 Å². The van der Waals surface area contributed by atoms with E-state index in [9.17, 15) is 4.79 Å². The lowest BCUT2D eigenvalue weighted by Crippen LogP contribution is -2.42. The van der Waals surface area contributed by atoms with Crippen molar-refractivity contribution in [2.24, 2.45) is 11.8 Å². The van der Waals surface area contributed by atoms with Crippen molar-refractivity contribution in [2.45, 2.75) is 12.8 Å². The summed E-state index contributed by atoms with van der Waals surface area (Å²) in [6.07, 6.45) is 1.72. The van der Waals surface area contributed by atoms with E-state index >= 15 is 0 Å². The lowest BCUT2D eigenvalue weighted by atomic mass is 9.82. The van der Waals surface area contributed by atoms with Crippen LogP contribution in [0.15, 0.2) is 18.2 Å². The van der Waals surface area contributed by atoms with Gasteiger partial charge in [-0.25, -0.2) is 0 Å². The van der Waals surface area contributed by atoms with Gasteiger partial charge in [0.2, 0.25) is 0 Å². The van der Waals surface area contributed by atoms with Gasteiger partial charge >= 0.3 is 5.97 Å². The minimum absolute atomic E-state index is 0.106. The van der Waals surface area contributed by atoms with Crippen LogP contribution < -0.4 is 5.32 Å². The van der Waals surface area contributed by atoms with E-state index in [2.05, 4.69) is 5.32 Å². The number of hydrogen-bond acceptors (Lipinski definition) is 3. The summed E-state index contributed by atoms with van der Waals surface area (Å²) in [4.78, 5) is 11.8.